The zero-order valence-corrected chi connectivity index (χ0v) is 16.2. The lowest BCUT2D eigenvalue weighted by atomic mass is 10.2. The van der Waals surface area contributed by atoms with E-state index in [0.29, 0.717) is 23.3 Å². The molecule has 0 aliphatic carbocycles. The van der Waals surface area contributed by atoms with Gasteiger partial charge in [0, 0.05) is 24.9 Å². The van der Waals surface area contributed by atoms with Gasteiger partial charge in [-0.05, 0) is 36.1 Å². The third kappa shape index (κ3) is 4.49. The second-order valence-electron chi connectivity index (χ2n) is 6.15. The number of carbonyl (C=O) groups excluding carboxylic acids is 1. The van der Waals surface area contributed by atoms with Gasteiger partial charge in [-0.2, -0.15) is 0 Å². The fourth-order valence-electron chi connectivity index (χ4n) is 2.61. The normalized spacial score (nSPS) is 10.7. The Bertz CT molecular complexity index is 1120. The predicted octanol–water partition coefficient (Wildman–Crippen LogP) is 4.97. The minimum atomic E-state index is -0.382. The highest BCUT2D eigenvalue weighted by molar-refractivity contribution is 7.13. The summed E-state index contributed by atoms with van der Waals surface area (Å²) in [6.45, 7) is 1.98. The van der Waals surface area contributed by atoms with Crippen molar-refractivity contribution in [2.75, 3.05) is 0 Å². The average Bonchev–Trinajstić information content (AvgIpc) is 3.37. The molecule has 1 amide bonds. The largest absolute Gasteiger partial charge is 0.440 e. The number of aromatic nitrogens is 2. The van der Waals surface area contributed by atoms with Crippen LogP contribution in [0.15, 0.2) is 64.5 Å². The Balaban J connectivity index is 1.37. The van der Waals surface area contributed by atoms with E-state index in [0.717, 1.165) is 10.4 Å². The summed E-state index contributed by atoms with van der Waals surface area (Å²) in [5.74, 6) is 0.882. The number of nitrogens with one attached hydrogen (secondary N) is 1. The zero-order valence-electron chi connectivity index (χ0n) is 15.4. The molecular formula is C21H16FN3O3S. The Morgan fingerprint density at radius 1 is 1.24 bits per heavy atom. The second-order valence-corrected chi connectivity index (χ2v) is 7.10. The lowest BCUT2D eigenvalue weighted by molar-refractivity contribution is 0.0945. The van der Waals surface area contributed by atoms with Crippen LogP contribution in [0.4, 0.5) is 4.39 Å². The molecule has 4 rings (SSSR count). The maximum absolute atomic E-state index is 13.2. The van der Waals surface area contributed by atoms with Crippen LogP contribution in [0.25, 0.3) is 10.8 Å². The van der Waals surface area contributed by atoms with E-state index in [9.17, 15) is 9.18 Å². The van der Waals surface area contributed by atoms with Gasteiger partial charge in [0.15, 0.2) is 5.69 Å². The lowest BCUT2D eigenvalue weighted by Gasteiger charge is -2.07. The summed E-state index contributed by atoms with van der Waals surface area (Å²) in [7, 11) is 0. The fraction of sp³-hybridized carbons (Fsp3) is 0.0952. The zero-order chi connectivity index (χ0) is 20.2. The van der Waals surface area contributed by atoms with E-state index in [1.807, 2.05) is 17.5 Å². The summed E-state index contributed by atoms with van der Waals surface area (Å²) >= 11 is 1.49. The van der Waals surface area contributed by atoms with Crippen molar-refractivity contribution in [3.05, 3.63) is 82.9 Å². The summed E-state index contributed by atoms with van der Waals surface area (Å²) in [5, 5.41) is 4.72. The molecule has 0 bridgehead atoms. The lowest BCUT2D eigenvalue weighted by Crippen LogP contribution is -2.23. The summed E-state index contributed by atoms with van der Waals surface area (Å²) in [4.78, 5) is 21.8. The third-order valence-corrected chi connectivity index (χ3v) is 4.87. The van der Waals surface area contributed by atoms with Crippen LogP contribution in [-0.2, 0) is 6.54 Å². The molecule has 1 N–H and O–H groups in total. The SMILES string of the molecule is Cc1oc(-c2cccs2)nc1C(=O)NCc1ccc(Oc2cccc(F)c2)nc1. The Morgan fingerprint density at radius 2 is 2.14 bits per heavy atom. The third-order valence-electron chi connectivity index (χ3n) is 4.01. The molecule has 0 saturated heterocycles. The predicted molar refractivity (Wildman–Crippen MR) is 106 cm³/mol. The summed E-state index contributed by atoms with van der Waals surface area (Å²) in [6, 6.07) is 13.0. The Kier molecular flexibility index (Phi) is 5.35. The number of amides is 1. The van der Waals surface area contributed by atoms with Gasteiger partial charge in [-0.15, -0.1) is 11.3 Å². The van der Waals surface area contributed by atoms with E-state index in [-0.39, 0.29) is 24.0 Å². The number of nitrogens with zero attached hydrogens (tertiary/aromatic N) is 2. The number of hydrogen-bond donors (Lipinski definition) is 1. The Morgan fingerprint density at radius 3 is 2.86 bits per heavy atom. The first kappa shape index (κ1) is 18.8. The maximum atomic E-state index is 13.2. The highest BCUT2D eigenvalue weighted by Crippen LogP contribution is 2.26. The number of rotatable bonds is 6. The van der Waals surface area contributed by atoms with Crippen LogP contribution in [0.1, 0.15) is 21.8 Å². The number of thiophene rings is 1. The number of oxazole rings is 1. The van der Waals surface area contributed by atoms with Gasteiger partial charge in [0.1, 0.15) is 17.3 Å². The van der Waals surface area contributed by atoms with Crippen LogP contribution in [0.3, 0.4) is 0 Å². The smallest absolute Gasteiger partial charge is 0.273 e. The molecule has 29 heavy (non-hydrogen) atoms. The molecule has 146 valence electrons. The van der Waals surface area contributed by atoms with Crippen LogP contribution in [0, 0.1) is 12.7 Å². The quantitative estimate of drug-likeness (QED) is 0.487. The van der Waals surface area contributed by atoms with Crippen molar-refractivity contribution >= 4 is 17.2 Å². The second kappa shape index (κ2) is 8.24. The van der Waals surface area contributed by atoms with E-state index in [1.54, 1.807) is 37.4 Å². The summed E-state index contributed by atoms with van der Waals surface area (Å²) in [6.07, 6.45) is 1.58. The molecule has 8 heteroatoms. The number of pyridine rings is 1. The van der Waals surface area contributed by atoms with Crippen LogP contribution < -0.4 is 10.1 Å². The number of carbonyl (C=O) groups is 1. The van der Waals surface area contributed by atoms with E-state index in [1.165, 1.54) is 23.5 Å². The Labute approximate surface area is 170 Å². The summed E-state index contributed by atoms with van der Waals surface area (Å²) < 4.78 is 24.3. The number of aryl methyl sites for hydroxylation is 1. The maximum Gasteiger partial charge on any atom is 0.273 e. The molecule has 3 aromatic heterocycles. The highest BCUT2D eigenvalue weighted by Gasteiger charge is 2.18. The van der Waals surface area contributed by atoms with Gasteiger partial charge in [0.25, 0.3) is 5.91 Å². The van der Waals surface area contributed by atoms with Crippen molar-refractivity contribution in [2.45, 2.75) is 13.5 Å². The molecule has 0 aliphatic heterocycles. The van der Waals surface area contributed by atoms with Crippen molar-refractivity contribution in [3.8, 4) is 22.4 Å². The first-order chi connectivity index (χ1) is 14.1. The molecule has 4 aromatic rings. The minimum absolute atomic E-state index is 0.257. The van der Waals surface area contributed by atoms with Crippen molar-refractivity contribution in [3.63, 3.8) is 0 Å². The summed E-state index contributed by atoms with van der Waals surface area (Å²) in [5.41, 5.74) is 1.04. The van der Waals surface area contributed by atoms with Crippen LogP contribution in [0.5, 0.6) is 11.6 Å². The number of halogens is 1. The highest BCUT2D eigenvalue weighted by atomic mass is 32.1. The van der Waals surface area contributed by atoms with Crippen LogP contribution in [-0.4, -0.2) is 15.9 Å². The van der Waals surface area contributed by atoms with E-state index >= 15 is 0 Å². The van der Waals surface area contributed by atoms with E-state index in [4.69, 9.17) is 9.15 Å². The van der Waals surface area contributed by atoms with Gasteiger partial charge in [0.05, 0.1) is 4.88 Å². The topological polar surface area (TPSA) is 77.2 Å². The monoisotopic (exact) mass is 409 g/mol. The van der Waals surface area contributed by atoms with Gasteiger partial charge in [-0.1, -0.05) is 18.2 Å². The molecule has 6 nitrogen and oxygen atoms in total. The van der Waals surface area contributed by atoms with Crippen LogP contribution in [0.2, 0.25) is 0 Å². The molecule has 0 spiro atoms. The van der Waals surface area contributed by atoms with Crippen LogP contribution >= 0.6 is 11.3 Å². The number of benzene rings is 1. The van der Waals surface area contributed by atoms with E-state index in [2.05, 4.69) is 15.3 Å². The van der Waals surface area contributed by atoms with Crippen molar-refractivity contribution in [1.29, 1.82) is 0 Å². The van der Waals surface area contributed by atoms with Gasteiger partial charge < -0.3 is 14.5 Å². The first-order valence-electron chi connectivity index (χ1n) is 8.76. The molecule has 0 atom stereocenters. The molecule has 1 aromatic carbocycles. The van der Waals surface area contributed by atoms with Crippen molar-refractivity contribution in [2.24, 2.45) is 0 Å². The minimum Gasteiger partial charge on any atom is -0.440 e. The standard InChI is InChI=1S/C21H16FN3O3S/c1-13-19(25-21(27-13)17-6-3-9-29-17)20(26)24-12-14-7-8-18(23-11-14)28-16-5-2-4-15(22)10-16/h2-11H,12H2,1H3,(H,24,26). The molecule has 0 aliphatic rings. The average molecular weight is 409 g/mol. The first-order valence-corrected chi connectivity index (χ1v) is 9.64. The molecule has 0 fully saturated rings. The number of hydrogen-bond acceptors (Lipinski definition) is 6. The van der Waals surface area contributed by atoms with E-state index < -0.39 is 0 Å². The number of ether oxygens (including phenoxy) is 1. The van der Waals surface area contributed by atoms with Gasteiger partial charge in [-0.25, -0.2) is 14.4 Å². The molecule has 0 unspecified atom stereocenters. The van der Waals surface area contributed by atoms with Crippen molar-refractivity contribution in [1.82, 2.24) is 15.3 Å². The Hall–Kier alpha value is -3.52. The molecule has 0 saturated carbocycles. The fourth-order valence-corrected chi connectivity index (χ4v) is 3.25. The molecule has 3 heterocycles. The van der Waals surface area contributed by atoms with Crippen molar-refractivity contribution < 1.29 is 18.3 Å². The van der Waals surface area contributed by atoms with Gasteiger partial charge in [0.2, 0.25) is 11.8 Å². The molecule has 0 radical (unpaired) electrons. The van der Waals surface area contributed by atoms with Gasteiger partial charge >= 0.3 is 0 Å². The van der Waals surface area contributed by atoms with Gasteiger partial charge in [-0.3, -0.25) is 4.79 Å². The molecular weight excluding hydrogens is 393 g/mol.